The van der Waals surface area contributed by atoms with Crippen LogP contribution in [0.2, 0.25) is 0 Å². The molecular weight excluding hydrogens is 266 g/mol. The number of rotatable bonds is 6. The number of aliphatic carboxylic acids is 1. The Balaban J connectivity index is 2.17. The minimum absolute atomic E-state index is 0.226. The Labute approximate surface area is 126 Å². The third kappa shape index (κ3) is 3.21. The van der Waals surface area contributed by atoms with Crippen LogP contribution in [-0.2, 0) is 4.79 Å². The molecule has 116 valence electrons. The van der Waals surface area contributed by atoms with E-state index in [1.807, 2.05) is 19.1 Å². The molecule has 2 atom stereocenters. The van der Waals surface area contributed by atoms with E-state index in [-0.39, 0.29) is 11.8 Å². The summed E-state index contributed by atoms with van der Waals surface area (Å²) in [6.45, 7) is 5.62. The molecule has 4 heteroatoms. The number of carbonyl (C=O) groups is 1. The lowest BCUT2D eigenvalue weighted by Crippen LogP contribution is -2.35. The molecule has 2 N–H and O–H groups in total. The van der Waals surface area contributed by atoms with Crippen molar-refractivity contribution in [3.8, 4) is 5.75 Å². The van der Waals surface area contributed by atoms with Crippen molar-refractivity contribution in [2.24, 2.45) is 5.41 Å². The number of phenols is 1. The molecule has 0 aromatic heterocycles. The Kier molecular flexibility index (Phi) is 4.88. The molecule has 0 spiro atoms. The number of hydrogen-bond donors (Lipinski definition) is 2. The molecule has 0 radical (unpaired) electrons. The summed E-state index contributed by atoms with van der Waals surface area (Å²) >= 11 is 0. The van der Waals surface area contributed by atoms with Crippen LogP contribution in [0.3, 0.4) is 0 Å². The zero-order chi connectivity index (χ0) is 15.5. The number of carboxylic acid groups (broad SMARTS) is 1. The molecule has 0 aliphatic carbocycles. The van der Waals surface area contributed by atoms with Gasteiger partial charge in [-0.2, -0.15) is 0 Å². The quantitative estimate of drug-likeness (QED) is 0.843. The number of aromatic hydroxyl groups is 1. The van der Waals surface area contributed by atoms with Gasteiger partial charge in [0.2, 0.25) is 0 Å². The van der Waals surface area contributed by atoms with Crippen molar-refractivity contribution in [1.29, 1.82) is 0 Å². The van der Waals surface area contributed by atoms with E-state index in [0.717, 1.165) is 37.8 Å². The lowest BCUT2D eigenvalue weighted by molar-refractivity contribution is -0.148. The van der Waals surface area contributed by atoms with Gasteiger partial charge in [0.25, 0.3) is 0 Å². The monoisotopic (exact) mass is 291 g/mol. The van der Waals surface area contributed by atoms with Crippen LogP contribution in [0.5, 0.6) is 5.75 Å². The molecule has 1 saturated heterocycles. The number of likely N-dealkylation sites (tertiary alicyclic amines) is 1. The zero-order valence-corrected chi connectivity index (χ0v) is 12.9. The van der Waals surface area contributed by atoms with Gasteiger partial charge in [-0.3, -0.25) is 9.69 Å². The van der Waals surface area contributed by atoms with Crippen molar-refractivity contribution in [3.63, 3.8) is 0 Å². The van der Waals surface area contributed by atoms with Gasteiger partial charge in [0, 0.05) is 12.6 Å². The molecule has 1 aromatic carbocycles. The van der Waals surface area contributed by atoms with Gasteiger partial charge < -0.3 is 10.2 Å². The summed E-state index contributed by atoms with van der Waals surface area (Å²) in [6.07, 6.45) is 3.30. The molecular formula is C17H25NO3. The third-order valence-electron chi connectivity index (χ3n) is 4.67. The summed E-state index contributed by atoms with van der Waals surface area (Å²) in [6, 6.07) is 7.49. The highest BCUT2D eigenvalue weighted by atomic mass is 16.4. The first-order valence-corrected chi connectivity index (χ1v) is 7.79. The minimum atomic E-state index is -0.660. The van der Waals surface area contributed by atoms with E-state index in [2.05, 4.69) is 11.8 Å². The van der Waals surface area contributed by atoms with Crippen molar-refractivity contribution in [1.82, 2.24) is 4.90 Å². The first kappa shape index (κ1) is 15.8. The fourth-order valence-electron chi connectivity index (χ4n) is 3.54. The number of phenolic OH excluding ortho intramolecular Hbond substituents is 1. The van der Waals surface area contributed by atoms with Gasteiger partial charge >= 0.3 is 5.97 Å². The maximum absolute atomic E-state index is 11.7. The lowest BCUT2D eigenvalue weighted by Gasteiger charge is -2.30. The molecule has 1 fully saturated rings. The largest absolute Gasteiger partial charge is 0.508 e. The number of nitrogens with zero attached hydrogens (tertiary/aromatic N) is 1. The Hall–Kier alpha value is -1.55. The van der Waals surface area contributed by atoms with E-state index in [9.17, 15) is 15.0 Å². The average molecular weight is 291 g/mol. The second-order valence-corrected chi connectivity index (χ2v) is 6.07. The summed E-state index contributed by atoms with van der Waals surface area (Å²) in [5, 5.41) is 19.0. The summed E-state index contributed by atoms with van der Waals surface area (Å²) in [4.78, 5) is 14.0. The minimum Gasteiger partial charge on any atom is -0.508 e. The van der Waals surface area contributed by atoms with Crippen LogP contribution < -0.4 is 0 Å². The van der Waals surface area contributed by atoms with Gasteiger partial charge in [0.05, 0.1) is 5.41 Å². The lowest BCUT2D eigenvalue weighted by atomic mass is 9.82. The van der Waals surface area contributed by atoms with Gasteiger partial charge in [0.15, 0.2) is 0 Å². The van der Waals surface area contributed by atoms with Crippen molar-refractivity contribution >= 4 is 5.97 Å². The van der Waals surface area contributed by atoms with E-state index in [0.29, 0.717) is 6.54 Å². The fraction of sp³-hybridized carbons (Fsp3) is 0.588. The molecule has 0 amide bonds. The molecule has 2 rings (SSSR count). The average Bonchev–Trinajstić information content (AvgIpc) is 2.88. The molecule has 1 aromatic rings. The second kappa shape index (κ2) is 6.48. The van der Waals surface area contributed by atoms with Gasteiger partial charge in [-0.25, -0.2) is 0 Å². The van der Waals surface area contributed by atoms with Crippen LogP contribution in [-0.4, -0.2) is 34.2 Å². The predicted octanol–water partition coefficient (Wildman–Crippen LogP) is 3.42. The topological polar surface area (TPSA) is 60.8 Å². The first-order chi connectivity index (χ1) is 10.0. The first-order valence-electron chi connectivity index (χ1n) is 7.79. The number of carboxylic acids is 1. The Bertz CT molecular complexity index is 485. The SMILES string of the molecule is CCCC1(C(=O)O)CCN(C(CC)c2ccc(O)cc2)C1. The molecule has 1 aliphatic rings. The van der Waals surface area contributed by atoms with Crippen LogP contribution in [0.1, 0.15) is 51.1 Å². The van der Waals surface area contributed by atoms with E-state index < -0.39 is 11.4 Å². The van der Waals surface area contributed by atoms with Crippen molar-refractivity contribution in [3.05, 3.63) is 29.8 Å². The van der Waals surface area contributed by atoms with Crippen molar-refractivity contribution in [2.45, 2.75) is 45.6 Å². The normalized spacial score (nSPS) is 24.1. The number of benzene rings is 1. The second-order valence-electron chi connectivity index (χ2n) is 6.07. The molecule has 4 nitrogen and oxygen atoms in total. The van der Waals surface area contributed by atoms with Crippen LogP contribution >= 0.6 is 0 Å². The zero-order valence-electron chi connectivity index (χ0n) is 12.9. The fourth-order valence-corrected chi connectivity index (χ4v) is 3.54. The summed E-state index contributed by atoms with van der Waals surface area (Å²) in [5.41, 5.74) is 0.562. The summed E-state index contributed by atoms with van der Waals surface area (Å²) in [5.74, 6) is -0.395. The standard InChI is InChI=1S/C17H25NO3/c1-3-9-17(16(20)21)10-11-18(12-17)15(4-2)13-5-7-14(19)8-6-13/h5-8,15,19H,3-4,9-12H2,1-2H3,(H,20,21). The Morgan fingerprint density at radius 3 is 2.52 bits per heavy atom. The molecule has 0 bridgehead atoms. The third-order valence-corrected chi connectivity index (χ3v) is 4.67. The van der Waals surface area contributed by atoms with Gasteiger partial charge in [-0.15, -0.1) is 0 Å². The van der Waals surface area contributed by atoms with E-state index in [1.54, 1.807) is 12.1 Å². The van der Waals surface area contributed by atoms with Crippen LogP contribution in [0.15, 0.2) is 24.3 Å². The van der Waals surface area contributed by atoms with Crippen molar-refractivity contribution in [2.75, 3.05) is 13.1 Å². The smallest absolute Gasteiger partial charge is 0.310 e. The molecule has 21 heavy (non-hydrogen) atoms. The molecule has 1 heterocycles. The Morgan fingerprint density at radius 1 is 1.33 bits per heavy atom. The van der Waals surface area contributed by atoms with Gasteiger partial charge in [-0.1, -0.05) is 32.4 Å². The number of hydrogen-bond acceptors (Lipinski definition) is 3. The highest BCUT2D eigenvalue weighted by molar-refractivity contribution is 5.75. The van der Waals surface area contributed by atoms with Crippen molar-refractivity contribution < 1.29 is 15.0 Å². The van der Waals surface area contributed by atoms with Crippen LogP contribution in [0.4, 0.5) is 0 Å². The van der Waals surface area contributed by atoms with Gasteiger partial charge in [-0.05, 0) is 43.5 Å². The molecule has 2 unspecified atom stereocenters. The van der Waals surface area contributed by atoms with Gasteiger partial charge in [0.1, 0.15) is 5.75 Å². The predicted molar refractivity (Wildman–Crippen MR) is 82.3 cm³/mol. The highest BCUT2D eigenvalue weighted by Crippen LogP contribution is 2.40. The summed E-state index contributed by atoms with van der Waals surface area (Å²) in [7, 11) is 0. The van der Waals surface area contributed by atoms with E-state index >= 15 is 0 Å². The van der Waals surface area contributed by atoms with E-state index in [4.69, 9.17) is 0 Å². The molecule has 0 saturated carbocycles. The summed E-state index contributed by atoms with van der Waals surface area (Å²) < 4.78 is 0. The Morgan fingerprint density at radius 2 is 2.00 bits per heavy atom. The maximum Gasteiger partial charge on any atom is 0.310 e. The maximum atomic E-state index is 11.7. The van der Waals surface area contributed by atoms with Crippen LogP contribution in [0, 0.1) is 5.41 Å². The van der Waals surface area contributed by atoms with E-state index in [1.165, 1.54) is 0 Å². The highest BCUT2D eigenvalue weighted by Gasteiger charge is 2.45. The van der Waals surface area contributed by atoms with Crippen LogP contribution in [0.25, 0.3) is 0 Å². The molecule has 1 aliphatic heterocycles.